The van der Waals surface area contributed by atoms with Gasteiger partial charge in [-0.1, -0.05) is 34.1 Å². The van der Waals surface area contributed by atoms with Crippen molar-refractivity contribution >= 4 is 21.7 Å². The van der Waals surface area contributed by atoms with Crippen molar-refractivity contribution in [3.05, 3.63) is 63.1 Å². The van der Waals surface area contributed by atoms with Gasteiger partial charge in [-0.2, -0.15) is 4.80 Å². The van der Waals surface area contributed by atoms with Crippen LogP contribution in [-0.4, -0.2) is 26.0 Å². The zero-order valence-corrected chi connectivity index (χ0v) is 15.3. The second-order valence-corrected chi connectivity index (χ2v) is 6.65. The third-order valence-electron chi connectivity index (χ3n) is 3.99. The summed E-state index contributed by atoms with van der Waals surface area (Å²) in [4.78, 5) is 13.9. The number of benzene rings is 2. The Hall–Kier alpha value is -2.34. The van der Waals surface area contributed by atoms with Crippen molar-refractivity contribution in [2.45, 2.75) is 27.3 Å². The van der Waals surface area contributed by atoms with Gasteiger partial charge in [-0.15, -0.1) is 10.2 Å². The Labute approximate surface area is 148 Å². The largest absolute Gasteiger partial charge is 0.292 e. The quantitative estimate of drug-likeness (QED) is 0.639. The van der Waals surface area contributed by atoms with Crippen molar-refractivity contribution in [2.24, 2.45) is 0 Å². The van der Waals surface area contributed by atoms with Gasteiger partial charge in [0.05, 0.1) is 0 Å². The van der Waals surface area contributed by atoms with Crippen LogP contribution in [0, 0.1) is 20.8 Å². The number of carbonyl (C=O) groups excluding carboxylic acids is 1. The Balaban J connectivity index is 1.84. The number of rotatable bonds is 4. The van der Waals surface area contributed by atoms with Crippen LogP contribution in [0.15, 0.2) is 40.9 Å². The predicted molar refractivity (Wildman–Crippen MR) is 95.9 cm³/mol. The lowest BCUT2D eigenvalue weighted by Gasteiger charge is -2.08. The molecule has 0 aliphatic rings. The van der Waals surface area contributed by atoms with Crippen LogP contribution in [0.5, 0.6) is 0 Å². The normalized spacial score (nSPS) is 10.8. The minimum absolute atomic E-state index is 0.0216. The van der Waals surface area contributed by atoms with Crippen LogP contribution >= 0.6 is 15.9 Å². The molecule has 0 saturated carbocycles. The fourth-order valence-electron chi connectivity index (χ4n) is 2.54. The van der Waals surface area contributed by atoms with E-state index in [-0.39, 0.29) is 12.3 Å². The first-order valence-corrected chi connectivity index (χ1v) is 8.39. The Morgan fingerprint density at radius 1 is 1.08 bits per heavy atom. The summed E-state index contributed by atoms with van der Waals surface area (Å²) in [5.41, 5.74) is 4.80. The number of aromatic nitrogens is 4. The summed E-state index contributed by atoms with van der Waals surface area (Å²) in [5.74, 6) is 0.471. The highest BCUT2D eigenvalue weighted by atomic mass is 79.9. The molecule has 3 aromatic rings. The molecule has 0 amide bonds. The predicted octanol–water partition coefficient (Wildman–Crippen LogP) is 3.91. The molecule has 1 heterocycles. The van der Waals surface area contributed by atoms with Gasteiger partial charge in [-0.05, 0) is 60.9 Å². The summed E-state index contributed by atoms with van der Waals surface area (Å²) in [6.07, 6.45) is 0. The molecule has 0 unspecified atom stereocenters. The Kier molecular flexibility index (Phi) is 4.57. The lowest BCUT2D eigenvalue weighted by Crippen LogP contribution is -2.14. The lowest BCUT2D eigenvalue weighted by atomic mass is 9.98. The number of hydrogen-bond donors (Lipinski definition) is 0. The summed E-state index contributed by atoms with van der Waals surface area (Å²) >= 11 is 3.47. The number of tetrazole rings is 1. The maximum absolute atomic E-state index is 12.6. The topological polar surface area (TPSA) is 60.7 Å². The molecule has 24 heavy (non-hydrogen) atoms. The van der Waals surface area contributed by atoms with Gasteiger partial charge < -0.3 is 0 Å². The van der Waals surface area contributed by atoms with Crippen molar-refractivity contribution < 1.29 is 4.79 Å². The minimum Gasteiger partial charge on any atom is -0.292 e. The molecule has 0 bridgehead atoms. The standard InChI is InChI=1S/C18H17BrN4O/c1-11-8-13(3)15(9-12(11)2)17(24)10-23-21-18(20-22-23)14-6-4-5-7-16(14)19/h4-9H,10H2,1-3H3. The first-order chi connectivity index (χ1) is 11.5. The molecule has 0 aliphatic heterocycles. The Morgan fingerprint density at radius 3 is 2.54 bits per heavy atom. The van der Waals surface area contributed by atoms with E-state index < -0.39 is 0 Å². The van der Waals surface area contributed by atoms with Gasteiger partial charge in [0.2, 0.25) is 5.82 Å². The lowest BCUT2D eigenvalue weighted by molar-refractivity contribution is 0.0960. The number of hydrogen-bond acceptors (Lipinski definition) is 4. The third-order valence-corrected chi connectivity index (χ3v) is 4.69. The smallest absolute Gasteiger partial charge is 0.206 e. The molecule has 6 heteroatoms. The number of halogens is 1. The van der Waals surface area contributed by atoms with E-state index in [1.807, 2.05) is 57.2 Å². The maximum atomic E-state index is 12.6. The van der Waals surface area contributed by atoms with Gasteiger partial charge in [0, 0.05) is 15.6 Å². The fourth-order valence-corrected chi connectivity index (χ4v) is 3.00. The van der Waals surface area contributed by atoms with E-state index in [9.17, 15) is 4.79 Å². The van der Waals surface area contributed by atoms with Gasteiger partial charge in [0.1, 0.15) is 6.54 Å². The molecule has 0 atom stereocenters. The van der Waals surface area contributed by atoms with Gasteiger partial charge in [0.15, 0.2) is 5.78 Å². The molecule has 1 aromatic heterocycles. The molecule has 0 saturated heterocycles. The summed E-state index contributed by atoms with van der Waals surface area (Å²) in [7, 11) is 0. The van der Waals surface area contributed by atoms with Crippen LogP contribution in [0.3, 0.4) is 0 Å². The van der Waals surface area contributed by atoms with E-state index in [2.05, 4.69) is 31.3 Å². The zero-order chi connectivity index (χ0) is 17.3. The number of aryl methyl sites for hydroxylation is 3. The fraction of sp³-hybridized carbons (Fsp3) is 0.222. The van der Waals surface area contributed by atoms with Crippen molar-refractivity contribution in [3.63, 3.8) is 0 Å². The monoisotopic (exact) mass is 384 g/mol. The molecule has 122 valence electrons. The molecule has 3 rings (SSSR count). The molecular weight excluding hydrogens is 368 g/mol. The highest BCUT2D eigenvalue weighted by molar-refractivity contribution is 9.10. The van der Waals surface area contributed by atoms with Crippen molar-refractivity contribution in [2.75, 3.05) is 0 Å². The Bertz CT molecular complexity index is 917. The van der Waals surface area contributed by atoms with Gasteiger partial charge in [-0.3, -0.25) is 4.79 Å². The SMILES string of the molecule is Cc1cc(C)c(C(=O)Cn2nnc(-c3ccccc3Br)n2)cc1C. The van der Waals surface area contributed by atoms with Crippen LogP contribution in [0.2, 0.25) is 0 Å². The number of ketones is 1. The van der Waals surface area contributed by atoms with Crippen molar-refractivity contribution in [1.82, 2.24) is 20.2 Å². The van der Waals surface area contributed by atoms with E-state index >= 15 is 0 Å². The van der Waals surface area contributed by atoms with Crippen LogP contribution < -0.4 is 0 Å². The first-order valence-electron chi connectivity index (χ1n) is 7.59. The highest BCUT2D eigenvalue weighted by Crippen LogP contribution is 2.24. The summed E-state index contributed by atoms with van der Waals surface area (Å²) < 4.78 is 0.890. The summed E-state index contributed by atoms with van der Waals surface area (Å²) in [6.45, 7) is 6.06. The van der Waals surface area contributed by atoms with Gasteiger partial charge in [0.25, 0.3) is 0 Å². The van der Waals surface area contributed by atoms with Gasteiger partial charge >= 0.3 is 0 Å². The van der Waals surface area contributed by atoms with Crippen LogP contribution in [0.4, 0.5) is 0 Å². The average Bonchev–Trinajstić information content (AvgIpc) is 2.99. The van der Waals surface area contributed by atoms with E-state index in [4.69, 9.17) is 0 Å². The molecule has 0 radical (unpaired) electrons. The number of carbonyl (C=O) groups is 1. The average molecular weight is 385 g/mol. The van der Waals surface area contributed by atoms with E-state index in [1.54, 1.807) is 0 Å². The van der Waals surface area contributed by atoms with E-state index in [0.29, 0.717) is 11.4 Å². The first kappa shape index (κ1) is 16.5. The molecule has 0 aliphatic carbocycles. The van der Waals surface area contributed by atoms with E-state index in [1.165, 1.54) is 10.4 Å². The molecule has 5 nitrogen and oxygen atoms in total. The molecule has 0 spiro atoms. The Morgan fingerprint density at radius 2 is 1.79 bits per heavy atom. The zero-order valence-electron chi connectivity index (χ0n) is 13.7. The van der Waals surface area contributed by atoms with E-state index in [0.717, 1.165) is 21.2 Å². The second kappa shape index (κ2) is 6.65. The molecule has 0 fully saturated rings. The summed E-state index contributed by atoms with van der Waals surface area (Å²) in [5, 5.41) is 12.4. The third kappa shape index (κ3) is 3.28. The highest BCUT2D eigenvalue weighted by Gasteiger charge is 2.15. The van der Waals surface area contributed by atoms with Crippen molar-refractivity contribution in [1.29, 1.82) is 0 Å². The van der Waals surface area contributed by atoms with Gasteiger partial charge in [-0.25, -0.2) is 0 Å². The second-order valence-electron chi connectivity index (χ2n) is 5.80. The molecule has 2 aromatic carbocycles. The van der Waals surface area contributed by atoms with Crippen LogP contribution in [0.1, 0.15) is 27.0 Å². The number of Topliss-reactive ketones (excluding diaryl/α,β-unsaturated/α-hetero) is 1. The molecule has 0 N–H and O–H groups in total. The van der Waals surface area contributed by atoms with Crippen molar-refractivity contribution in [3.8, 4) is 11.4 Å². The summed E-state index contributed by atoms with van der Waals surface area (Å²) in [6, 6.07) is 11.6. The molecular formula is C18H17BrN4O. The minimum atomic E-state index is -0.0216. The number of nitrogens with zero attached hydrogens (tertiary/aromatic N) is 4. The van der Waals surface area contributed by atoms with Crippen LogP contribution in [-0.2, 0) is 6.54 Å². The van der Waals surface area contributed by atoms with Crippen LogP contribution in [0.25, 0.3) is 11.4 Å². The maximum Gasteiger partial charge on any atom is 0.206 e.